The molecule has 0 bridgehead atoms. The zero-order valence-corrected chi connectivity index (χ0v) is 15.9. The maximum atomic E-state index is 12.7. The van der Waals surface area contributed by atoms with Gasteiger partial charge in [0.05, 0.1) is 22.9 Å². The Morgan fingerprint density at radius 2 is 2.16 bits per heavy atom. The highest BCUT2D eigenvalue weighted by atomic mass is 32.1. The number of carbonyl (C=O) groups is 1. The molecule has 2 aromatic heterocycles. The van der Waals surface area contributed by atoms with Crippen molar-refractivity contribution in [2.24, 2.45) is 0 Å². The molecule has 136 valence electrons. The number of fused-ring (bicyclic) bond motifs is 1. The van der Waals surface area contributed by atoms with Gasteiger partial charge in [-0.05, 0) is 31.7 Å². The summed E-state index contributed by atoms with van der Waals surface area (Å²) in [5.74, 6) is 0.796. The van der Waals surface area contributed by atoms with Crippen molar-refractivity contribution in [3.05, 3.63) is 16.8 Å². The molecule has 3 rings (SSSR count). The predicted octanol–water partition coefficient (Wildman–Crippen LogP) is 3.51. The van der Waals surface area contributed by atoms with E-state index < -0.39 is 0 Å². The lowest BCUT2D eigenvalue weighted by Crippen LogP contribution is -2.32. The van der Waals surface area contributed by atoms with Crippen LogP contribution in [0.1, 0.15) is 54.3 Å². The molecule has 7 heteroatoms. The van der Waals surface area contributed by atoms with Gasteiger partial charge in [0.25, 0.3) is 5.91 Å². The Bertz CT molecular complexity index is 740. The van der Waals surface area contributed by atoms with Crippen LogP contribution in [0.3, 0.4) is 0 Å². The van der Waals surface area contributed by atoms with E-state index in [2.05, 4.69) is 27.5 Å². The van der Waals surface area contributed by atoms with Crippen LogP contribution in [0.2, 0.25) is 0 Å². The van der Waals surface area contributed by atoms with E-state index in [1.807, 2.05) is 6.92 Å². The fourth-order valence-corrected chi connectivity index (χ4v) is 4.43. The van der Waals surface area contributed by atoms with Crippen molar-refractivity contribution in [1.82, 2.24) is 15.3 Å². The molecule has 2 aromatic rings. The van der Waals surface area contributed by atoms with E-state index in [-0.39, 0.29) is 11.9 Å². The van der Waals surface area contributed by atoms with Crippen LogP contribution in [-0.2, 0) is 4.74 Å². The molecule has 0 spiro atoms. The van der Waals surface area contributed by atoms with Crippen molar-refractivity contribution in [2.75, 3.05) is 19.0 Å². The van der Waals surface area contributed by atoms with Gasteiger partial charge in [-0.15, -0.1) is 11.3 Å². The lowest BCUT2D eigenvalue weighted by atomic mass is 10.1. The summed E-state index contributed by atoms with van der Waals surface area (Å²) in [6, 6.07) is 0.491. The first kappa shape index (κ1) is 18.1. The van der Waals surface area contributed by atoms with E-state index >= 15 is 0 Å². The van der Waals surface area contributed by atoms with Crippen LogP contribution in [0.25, 0.3) is 10.2 Å². The van der Waals surface area contributed by atoms with Gasteiger partial charge in [-0.25, -0.2) is 9.97 Å². The van der Waals surface area contributed by atoms with E-state index in [1.165, 1.54) is 24.2 Å². The number of nitrogens with zero attached hydrogens (tertiary/aromatic N) is 2. The second kappa shape index (κ2) is 8.10. The maximum absolute atomic E-state index is 12.7. The summed E-state index contributed by atoms with van der Waals surface area (Å²) in [6.45, 7) is 4.70. The van der Waals surface area contributed by atoms with Crippen molar-refractivity contribution in [2.45, 2.75) is 58.0 Å². The molecule has 0 radical (unpaired) electrons. The molecule has 1 fully saturated rings. The molecule has 1 saturated carbocycles. The Hall–Kier alpha value is -1.73. The van der Waals surface area contributed by atoms with Gasteiger partial charge in [-0.2, -0.15) is 0 Å². The number of carbonyl (C=O) groups excluding carboxylic acids is 1. The zero-order chi connectivity index (χ0) is 17.8. The number of amides is 1. The van der Waals surface area contributed by atoms with E-state index in [0.717, 1.165) is 45.7 Å². The third-order valence-electron chi connectivity index (χ3n) is 4.82. The van der Waals surface area contributed by atoms with Crippen LogP contribution in [0, 0.1) is 6.92 Å². The van der Waals surface area contributed by atoms with E-state index in [1.54, 1.807) is 13.4 Å². The van der Waals surface area contributed by atoms with Crippen LogP contribution in [-0.4, -0.2) is 41.7 Å². The van der Waals surface area contributed by atoms with Crippen molar-refractivity contribution in [3.8, 4) is 0 Å². The summed E-state index contributed by atoms with van der Waals surface area (Å²) in [4.78, 5) is 23.1. The van der Waals surface area contributed by atoms with E-state index in [9.17, 15) is 4.79 Å². The minimum atomic E-state index is 0.0160. The zero-order valence-electron chi connectivity index (χ0n) is 15.1. The molecule has 0 aromatic carbocycles. The molecule has 6 nitrogen and oxygen atoms in total. The SMILES string of the molecule is CC[C@H](COC)Nc1ncnc2sc(C(=O)NC3CCCC3)c(C)c12. The van der Waals surface area contributed by atoms with E-state index in [0.29, 0.717) is 12.6 Å². The maximum Gasteiger partial charge on any atom is 0.261 e. The number of ether oxygens (including phenoxy) is 1. The Morgan fingerprint density at radius 1 is 1.40 bits per heavy atom. The number of thiophene rings is 1. The monoisotopic (exact) mass is 362 g/mol. The number of nitrogens with one attached hydrogen (secondary N) is 2. The first-order valence-electron chi connectivity index (χ1n) is 8.94. The van der Waals surface area contributed by atoms with Gasteiger partial charge >= 0.3 is 0 Å². The molecular weight excluding hydrogens is 336 g/mol. The molecule has 1 atom stereocenters. The third-order valence-corrected chi connectivity index (χ3v) is 6.02. The average molecular weight is 362 g/mol. The van der Waals surface area contributed by atoms with Crippen molar-refractivity contribution >= 4 is 33.3 Å². The molecule has 0 aliphatic heterocycles. The van der Waals surface area contributed by atoms with Gasteiger partial charge in [-0.3, -0.25) is 4.79 Å². The number of hydrogen-bond acceptors (Lipinski definition) is 6. The van der Waals surface area contributed by atoms with Gasteiger partial charge in [0.2, 0.25) is 0 Å². The fraction of sp³-hybridized carbons (Fsp3) is 0.611. The highest BCUT2D eigenvalue weighted by molar-refractivity contribution is 7.20. The van der Waals surface area contributed by atoms with Crippen LogP contribution < -0.4 is 10.6 Å². The lowest BCUT2D eigenvalue weighted by Gasteiger charge is -2.17. The summed E-state index contributed by atoms with van der Waals surface area (Å²) >= 11 is 1.44. The Balaban J connectivity index is 1.88. The highest BCUT2D eigenvalue weighted by Crippen LogP contribution is 2.34. The predicted molar refractivity (Wildman–Crippen MR) is 101 cm³/mol. The van der Waals surface area contributed by atoms with Crippen LogP contribution in [0.4, 0.5) is 5.82 Å². The normalized spacial score (nSPS) is 16.3. The molecule has 2 N–H and O–H groups in total. The topological polar surface area (TPSA) is 76.1 Å². The Kier molecular flexibility index (Phi) is 5.86. The highest BCUT2D eigenvalue weighted by Gasteiger charge is 2.23. The van der Waals surface area contributed by atoms with Crippen LogP contribution in [0.15, 0.2) is 6.33 Å². The van der Waals surface area contributed by atoms with Crippen molar-refractivity contribution in [3.63, 3.8) is 0 Å². The second-order valence-corrected chi connectivity index (χ2v) is 7.62. The summed E-state index contributed by atoms with van der Waals surface area (Å²) < 4.78 is 5.26. The third kappa shape index (κ3) is 3.93. The first-order chi connectivity index (χ1) is 12.1. The van der Waals surface area contributed by atoms with Crippen LogP contribution >= 0.6 is 11.3 Å². The molecule has 1 aliphatic carbocycles. The Morgan fingerprint density at radius 3 is 2.84 bits per heavy atom. The standard InChI is InChI=1S/C18H26N4O2S/c1-4-12(9-24-3)21-16-14-11(2)15(25-18(14)20-10-19-16)17(23)22-13-7-5-6-8-13/h10,12-13H,4-9H2,1-3H3,(H,22,23)(H,19,20,21)/t12-/m1/s1. The molecule has 2 heterocycles. The second-order valence-electron chi connectivity index (χ2n) is 6.62. The van der Waals surface area contributed by atoms with Gasteiger partial charge in [0.1, 0.15) is 17.0 Å². The number of methoxy groups -OCH3 is 1. The summed E-state index contributed by atoms with van der Waals surface area (Å²) in [5, 5.41) is 7.55. The molecular formula is C18H26N4O2S. The number of aromatic nitrogens is 2. The number of rotatable bonds is 7. The van der Waals surface area contributed by atoms with Gasteiger partial charge in [0.15, 0.2) is 0 Å². The Labute approximate surface area is 152 Å². The van der Waals surface area contributed by atoms with E-state index in [4.69, 9.17) is 4.74 Å². The summed E-state index contributed by atoms with van der Waals surface area (Å²) in [7, 11) is 1.70. The largest absolute Gasteiger partial charge is 0.383 e. The first-order valence-corrected chi connectivity index (χ1v) is 9.76. The van der Waals surface area contributed by atoms with Gasteiger partial charge in [-0.1, -0.05) is 19.8 Å². The molecule has 0 unspecified atom stereocenters. The quantitative estimate of drug-likeness (QED) is 0.788. The molecule has 1 aliphatic rings. The summed E-state index contributed by atoms with van der Waals surface area (Å²) in [5.41, 5.74) is 0.950. The fourth-order valence-electron chi connectivity index (χ4n) is 3.37. The van der Waals surface area contributed by atoms with Gasteiger partial charge in [0, 0.05) is 13.2 Å². The minimum absolute atomic E-state index is 0.0160. The van der Waals surface area contributed by atoms with Crippen molar-refractivity contribution < 1.29 is 9.53 Å². The van der Waals surface area contributed by atoms with Crippen LogP contribution in [0.5, 0.6) is 0 Å². The molecule has 1 amide bonds. The lowest BCUT2D eigenvalue weighted by molar-refractivity contribution is 0.0941. The summed E-state index contributed by atoms with van der Waals surface area (Å²) in [6.07, 6.45) is 7.05. The number of anilines is 1. The smallest absolute Gasteiger partial charge is 0.261 e. The number of aryl methyl sites for hydroxylation is 1. The molecule has 0 saturated heterocycles. The molecule has 25 heavy (non-hydrogen) atoms. The average Bonchev–Trinajstić information content (AvgIpc) is 3.23. The van der Waals surface area contributed by atoms with Gasteiger partial charge < -0.3 is 15.4 Å². The number of hydrogen-bond donors (Lipinski definition) is 2. The van der Waals surface area contributed by atoms with Crippen molar-refractivity contribution in [1.29, 1.82) is 0 Å². The minimum Gasteiger partial charge on any atom is -0.383 e.